The minimum Gasteiger partial charge on any atom is -0.379 e. The first-order chi connectivity index (χ1) is 15.4. The number of aromatic nitrogens is 2. The summed E-state index contributed by atoms with van der Waals surface area (Å²) in [6, 6.07) is 10.3. The Bertz CT molecular complexity index is 1020. The van der Waals surface area contributed by atoms with Gasteiger partial charge in [-0.25, -0.2) is 4.98 Å². The van der Waals surface area contributed by atoms with Crippen molar-refractivity contribution in [3.8, 4) is 11.3 Å². The fourth-order valence-corrected chi connectivity index (χ4v) is 4.93. The lowest BCUT2D eigenvalue weighted by Gasteiger charge is -2.31. The van der Waals surface area contributed by atoms with Crippen molar-refractivity contribution in [2.45, 2.75) is 33.6 Å². The van der Waals surface area contributed by atoms with Gasteiger partial charge in [-0.15, -0.1) is 11.3 Å². The van der Waals surface area contributed by atoms with Crippen molar-refractivity contribution in [2.24, 2.45) is 5.41 Å². The second kappa shape index (κ2) is 10.1. The largest absolute Gasteiger partial charge is 0.379 e. The van der Waals surface area contributed by atoms with Gasteiger partial charge in [0.05, 0.1) is 18.9 Å². The third-order valence-electron chi connectivity index (χ3n) is 5.81. The topological polar surface area (TPSA) is 50.1 Å². The number of amides is 1. The Morgan fingerprint density at radius 2 is 1.91 bits per heavy atom. The van der Waals surface area contributed by atoms with Gasteiger partial charge in [-0.05, 0) is 5.41 Å². The summed E-state index contributed by atoms with van der Waals surface area (Å²) in [5.74, 6) is 0.243. The predicted molar refractivity (Wildman–Crippen MR) is 130 cm³/mol. The monoisotopic (exact) mass is 454 g/mol. The second-order valence-electron chi connectivity index (χ2n) is 9.69. The number of thiazole rings is 1. The predicted octanol–water partition coefficient (Wildman–Crippen LogP) is 4.20. The molecule has 172 valence electrons. The Morgan fingerprint density at radius 1 is 1.16 bits per heavy atom. The fourth-order valence-electron chi connectivity index (χ4n) is 4.02. The van der Waals surface area contributed by atoms with Crippen LogP contribution in [0, 0.1) is 5.41 Å². The number of carbonyl (C=O) groups excluding carboxylic acids is 1. The summed E-state index contributed by atoms with van der Waals surface area (Å²) < 4.78 is 7.64. The van der Waals surface area contributed by atoms with Crippen molar-refractivity contribution in [2.75, 3.05) is 45.9 Å². The summed E-state index contributed by atoms with van der Waals surface area (Å²) in [4.78, 5) is 23.4. The molecule has 1 aliphatic heterocycles. The number of nitrogens with zero attached hydrogens (tertiary/aromatic N) is 4. The number of fused-ring (bicyclic) bond motifs is 1. The molecule has 3 aromatic rings. The Labute approximate surface area is 194 Å². The normalized spacial score (nSPS) is 15.3. The molecule has 7 heteroatoms. The van der Waals surface area contributed by atoms with Gasteiger partial charge in [-0.1, -0.05) is 51.1 Å². The number of rotatable bonds is 8. The summed E-state index contributed by atoms with van der Waals surface area (Å²) >= 11 is 1.66. The van der Waals surface area contributed by atoms with Gasteiger partial charge in [-0.2, -0.15) is 0 Å². The van der Waals surface area contributed by atoms with Crippen LogP contribution >= 0.6 is 11.3 Å². The van der Waals surface area contributed by atoms with E-state index in [-0.39, 0.29) is 11.3 Å². The molecule has 0 atom stereocenters. The van der Waals surface area contributed by atoms with E-state index in [0.29, 0.717) is 6.42 Å². The highest BCUT2D eigenvalue weighted by Crippen LogP contribution is 2.24. The van der Waals surface area contributed by atoms with Crippen LogP contribution in [-0.2, 0) is 16.0 Å². The van der Waals surface area contributed by atoms with Crippen LogP contribution in [0.2, 0.25) is 0 Å². The van der Waals surface area contributed by atoms with E-state index in [1.807, 2.05) is 18.2 Å². The van der Waals surface area contributed by atoms with Crippen LogP contribution in [0.4, 0.5) is 0 Å². The molecule has 0 aliphatic carbocycles. The third-order valence-corrected chi connectivity index (χ3v) is 6.70. The van der Waals surface area contributed by atoms with Gasteiger partial charge >= 0.3 is 0 Å². The van der Waals surface area contributed by atoms with Gasteiger partial charge in [0, 0.05) is 68.4 Å². The molecule has 1 aromatic carbocycles. The van der Waals surface area contributed by atoms with E-state index in [0.717, 1.165) is 68.6 Å². The van der Waals surface area contributed by atoms with Crippen molar-refractivity contribution in [3.05, 3.63) is 47.6 Å². The zero-order chi connectivity index (χ0) is 22.6. The Balaban J connectivity index is 1.44. The molecular weight excluding hydrogens is 420 g/mol. The molecule has 1 fully saturated rings. The molecule has 0 bridgehead atoms. The lowest BCUT2D eigenvalue weighted by atomic mass is 9.91. The molecule has 1 aliphatic rings. The van der Waals surface area contributed by atoms with E-state index in [2.05, 4.69) is 58.7 Å². The highest BCUT2D eigenvalue weighted by molar-refractivity contribution is 7.15. The van der Waals surface area contributed by atoms with Gasteiger partial charge in [0.1, 0.15) is 0 Å². The maximum atomic E-state index is 13.1. The summed E-state index contributed by atoms with van der Waals surface area (Å²) in [5.41, 5.74) is 3.31. The van der Waals surface area contributed by atoms with Gasteiger partial charge in [0.25, 0.3) is 0 Å². The van der Waals surface area contributed by atoms with Gasteiger partial charge in [0.15, 0.2) is 4.96 Å². The first-order valence-corrected chi connectivity index (χ1v) is 12.4. The zero-order valence-corrected chi connectivity index (χ0v) is 20.2. The van der Waals surface area contributed by atoms with Crippen molar-refractivity contribution < 1.29 is 9.53 Å². The van der Waals surface area contributed by atoms with Gasteiger partial charge < -0.3 is 9.64 Å². The Hall–Kier alpha value is -2.22. The number of hydrogen-bond donors (Lipinski definition) is 0. The van der Waals surface area contributed by atoms with Crippen molar-refractivity contribution in [3.63, 3.8) is 0 Å². The molecule has 0 radical (unpaired) electrons. The van der Waals surface area contributed by atoms with Crippen LogP contribution in [0.3, 0.4) is 0 Å². The van der Waals surface area contributed by atoms with E-state index in [1.54, 1.807) is 11.3 Å². The third kappa shape index (κ3) is 5.97. The zero-order valence-electron chi connectivity index (χ0n) is 19.4. The summed E-state index contributed by atoms with van der Waals surface area (Å²) in [5, 5.41) is 2.17. The number of benzene rings is 1. The minimum absolute atomic E-state index is 0.0150. The lowest BCUT2D eigenvalue weighted by molar-refractivity contribution is -0.133. The highest BCUT2D eigenvalue weighted by atomic mass is 32.1. The standard InChI is InChI=1S/C25H34N4O2S/c1-25(2,3)17-23(30)28(12-11-27-13-15-31-16-14-27)10-9-21-19-32-24-26-22(18-29(21)24)20-7-5-4-6-8-20/h4-8,18-19H,9-17H2,1-3H3. The maximum absolute atomic E-state index is 13.1. The molecule has 6 nitrogen and oxygen atoms in total. The van der Waals surface area contributed by atoms with Crippen LogP contribution in [0.15, 0.2) is 41.9 Å². The van der Waals surface area contributed by atoms with Crippen LogP contribution in [0.1, 0.15) is 32.9 Å². The Kier molecular flexibility index (Phi) is 7.28. The number of carbonyl (C=O) groups is 1. The van der Waals surface area contributed by atoms with E-state index < -0.39 is 0 Å². The van der Waals surface area contributed by atoms with Crippen LogP contribution in [0.25, 0.3) is 16.2 Å². The molecular formula is C25H34N4O2S. The number of morpholine rings is 1. The summed E-state index contributed by atoms with van der Waals surface area (Å²) in [6.07, 6.45) is 3.51. The van der Waals surface area contributed by atoms with Crippen LogP contribution in [-0.4, -0.2) is 71.0 Å². The average Bonchev–Trinajstić information content (AvgIpc) is 3.35. The molecule has 0 unspecified atom stereocenters. The van der Waals surface area contributed by atoms with Gasteiger partial charge in [-0.3, -0.25) is 14.1 Å². The van der Waals surface area contributed by atoms with E-state index >= 15 is 0 Å². The highest BCUT2D eigenvalue weighted by Gasteiger charge is 2.22. The molecule has 0 saturated carbocycles. The van der Waals surface area contributed by atoms with Crippen LogP contribution < -0.4 is 0 Å². The van der Waals surface area contributed by atoms with Crippen molar-refractivity contribution in [1.82, 2.24) is 19.2 Å². The first-order valence-electron chi connectivity index (χ1n) is 11.5. The van der Waals surface area contributed by atoms with E-state index in [4.69, 9.17) is 9.72 Å². The van der Waals surface area contributed by atoms with Crippen LogP contribution in [0.5, 0.6) is 0 Å². The first kappa shape index (κ1) is 23.0. The van der Waals surface area contributed by atoms with Crippen molar-refractivity contribution >= 4 is 22.2 Å². The molecule has 0 N–H and O–H groups in total. The molecule has 3 heterocycles. The van der Waals surface area contributed by atoms with Crippen molar-refractivity contribution in [1.29, 1.82) is 0 Å². The second-order valence-corrected chi connectivity index (χ2v) is 10.5. The smallest absolute Gasteiger partial charge is 0.223 e. The quantitative estimate of drug-likeness (QED) is 0.512. The summed E-state index contributed by atoms with van der Waals surface area (Å²) in [7, 11) is 0. The summed E-state index contributed by atoms with van der Waals surface area (Å²) in [6.45, 7) is 12.2. The van der Waals surface area contributed by atoms with E-state index in [9.17, 15) is 4.79 Å². The molecule has 0 spiro atoms. The molecule has 1 saturated heterocycles. The Morgan fingerprint density at radius 3 is 2.62 bits per heavy atom. The molecule has 32 heavy (non-hydrogen) atoms. The maximum Gasteiger partial charge on any atom is 0.223 e. The SMILES string of the molecule is CC(C)(C)CC(=O)N(CCc1csc2nc(-c3ccccc3)cn12)CCN1CCOCC1. The number of imidazole rings is 1. The fraction of sp³-hybridized carbons (Fsp3) is 0.520. The lowest BCUT2D eigenvalue weighted by Crippen LogP contribution is -2.44. The number of hydrogen-bond acceptors (Lipinski definition) is 5. The van der Waals surface area contributed by atoms with Gasteiger partial charge in [0.2, 0.25) is 5.91 Å². The molecule has 1 amide bonds. The number of ether oxygens (including phenoxy) is 1. The average molecular weight is 455 g/mol. The molecule has 4 rings (SSSR count). The minimum atomic E-state index is -0.0150. The molecule has 2 aromatic heterocycles. The van der Waals surface area contributed by atoms with E-state index in [1.165, 1.54) is 5.69 Å².